The summed E-state index contributed by atoms with van der Waals surface area (Å²) in [6.45, 7) is 0. The van der Waals surface area contributed by atoms with Crippen molar-refractivity contribution in [1.29, 1.82) is 0 Å². The second kappa shape index (κ2) is 9.42. The lowest BCUT2D eigenvalue weighted by Gasteiger charge is -2.07. The summed E-state index contributed by atoms with van der Waals surface area (Å²) in [4.78, 5) is 12.4. The van der Waals surface area contributed by atoms with Gasteiger partial charge in [-0.2, -0.15) is 0 Å². The molecule has 0 N–H and O–H groups in total. The molecule has 0 aliphatic carbocycles. The molecule has 0 aliphatic rings. The summed E-state index contributed by atoms with van der Waals surface area (Å²) in [5, 5.41) is 2.21. The van der Waals surface area contributed by atoms with Crippen LogP contribution in [-0.2, 0) is 21.3 Å². The molecule has 4 aromatic rings. The summed E-state index contributed by atoms with van der Waals surface area (Å²) < 4.78 is 17.7. The number of rotatable bonds is 4. The number of hydrogen-bond donors (Lipinski definition) is 0. The third-order valence-corrected chi connectivity index (χ3v) is 6.29. The van der Waals surface area contributed by atoms with Crippen LogP contribution in [0.25, 0.3) is 10.8 Å². The molecule has 0 bridgehead atoms. The van der Waals surface area contributed by atoms with Crippen molar-refractivity contribution in [3.8, 4) is 11.8 Å². The highest BCUT2D eigenvalue weighted by molar-refractivity contribution is 7.84. The van der Waals surface area contributed by atoms with E-state index in [0.29, 0.717) is 11.3 Å². The molecule has 3 nitrogen and oxygen atoms in total. The van der Waals surface area contributed by atoms with Crippen LogP contribution in [0.2, 0.25) is 0 Å². The van der Waals surface area contributed by atoms with E-state index in [2.05, 4.69) is 11.8 Å². The first-order chi connectivity index (χ1) is 15.1. The average molecular weight is 425 g/mol. The maximum atomic E-state index is 13.0. The zero-order valence-electron chi connectivity index (χ0n) is 17.0. The van der Waals surface area contributed by atoms with Crippen LogP contribution in [0.5, 0.6) is 0 Å². The van der Waals surface area contributed by atoms with E-state index < -0.39 is 10.8 Å². The fourth-order valence-electron chi connectivity index (χ4n) is 3.25. The molecule has 4 heteroatoms. The largest absolute Gasteiger partial charge is 0.465 e. The van der Waals surface area contributed by atoms with Crippen molar-refractivity contribution in [2.45, 2.75) is 10.6 Å². The average Bonchev–Trinajstić information content (AvgIpc) is 2.83. The van der Waals surface area contributed by atoms with E-state index in [0.717, 1.165) is 32.4 Å². The molecule has 0 saturated carbocycles. The molecule has 0 heterocycles. The molecule has 0 saturated heterocycles. The summed E-state index contributed by atoms with van der Waals surface area (Å²) in [6, 6.07) is 28.7. The van der Waals surface area contributed by atoms with Crippen molar-refractivity contribution in [1.82, 2.24) is 0 Å². The van der Waals surface area contributed by atoms with Crippen molar-refractivity contribution < 1.29 is 13.7 Å². The fraction of sp³-hybridized carbons (Fsp3) is 0.0741. The lowest BCUT2D eigenvalue weighted by Crippen LogP contribution is -2.00. The number of benzene rings is 4. The molecule has 0 fully saturated rings. The summed E-state index contributed by atoms with van der Waals surface area (Å²) in [5.41, 5.74) is 3.05. The van der Waals surface area contributed by atoms with Gasteiger partial charge in [0.15, 0.2) is 0 Å². The standard InChI is InChI=1S/C27H20O3S/c1-30-27(28)23-14-11-20(12-15-23)10-13-22-7-3-5-9-25(22)19-31(29)26-17-16-21-6-2-4-8-24(21)18-26/h2-9,11-12,14-18H,19H2,1H3. The van der Waals surface area contributed by atoms with Crippen molar-refractivity contribution in [2.75, 3.05) is 7.11 Å². The van der Waals surface area contributed by atoms with Gasteiger partial charge < -0.3 is 4.74 Å². The third kappa shape index (κ3) is 4.91. The van der Waals surface area contributed by atoms with E-state index in [1.54, 1.807) is 24.3 Å². The van der Waals surface area contributed by atoms with Gasteiger partial charge in [-0.25, -0.2) is 4.79 Å². The Kier molecular flexibility index (Phi) is 6.26. The van der Waals surface area contributed by atoms with Gasteiger partial charge in [-0.3, -0.25) is 4.21 Å². The number of fused-ring (bicyclic) bond motifs is 1. The Hall–Kier alpha value is -3.68. The predicted octanol–water partition coefficient (Wildman–Crippen LogP) is 5.33. The maximum Gasteiger partial charge on any atom is 0.337 e. The Morgan fingerprint density at radius 1 is 0.839 bits per heavy atom. The molecule has 0 aromatic heterocycles. The maximum absolute atomic E-state index is 13.0. The van der Waals surface area contributed by atoms with Crippen LogP contribution in [0.3, 0.4) is 0 Å². The van der Waals surface area contributed by atoms with Gasteiger partial charge in [-0.1, -0.05) is 60.4 Å². The Bertz CT molecular complexity index is 1330. The van der Waals surface area contributed by atoms with Gasteiger partial charge >= 0.3 is 5.97 Å². The molecular weight excluding hydrogens is 404 g/mol. The highest BCUT2D eigenvalue weighted by atomic mass is 32.2. The zero-order valence-corrected chi connectivity index (χ0v) is 17.8. The van der Waals surface area contributed by atoms with E-state index in [1.807, 2.05) is 66.7 Å². The zero-order chi connectivity index (χ0) is 21.6. The summed E-state index contributed by atoms with van der Waals surface area (Å²) in [5.74, 6) is 6.32. The number of carbonyl (C=O) groups excluding carboxylic acids is 1. The Morgan fingerprint density at radius 3 is 2.32 bits per heavy atom. The fourth-order valence-corrected chi connectivity index (χ4v) is 4.43. The second-order valence-electron chi connectivity index (χ2n) is 6.97. The first-order valence-electron chi connectivity index (χ1n) is 9.79. The van der Waals surface area contributed by atoms with Gasteiger partial charge in [0.05, 0.1) is 29.2 Å². The van der Waals surface area contributed by atoms with E-state index in [4.69, 9.17) is 4.74 Å². The summed E-state index contributed by atoms with van der Waals surface area (Å²) in [6.07, 6.45) is 0. The summed E-state index contributed by atoms with van der Waals surface area (Å²) in [7, 11) is 0.179. The highest BCUT2D eigenvalue weighted by Crippen LogP contribution is 2.21. The van der Waals surface area contributed by atoms with Crippen LogP contribution in [0, 0.1) is 11.8 Å². The normalized spacial score (nSPS) is 11.4. The lowest BCUT2D eigenvalue weighted by molar-refractivity contribution is 0.0600. The molecule has 0 amide bonds. The molecule has 1 unspecified atom stereocenters. The van der Waals surface area contributed by atoms with Gasteiger partial charge in [0.1, 0.15) is 0 Å². The van der Waals surface area contributed by atoms with E-state index in [1.165, 1.54) is 7.11 Å². The van der Waals surface area contributed by atoms with Crippen LogP contribution in [-0.4, -0.2) is 17.3 Å². The van der Waals surface area contributed by atoms with Crippen LogP contribution in [0.1, 0.15) is 27.0 Å². The monoisotopic (exact) mass is 424 g/mol. The van der Waals surface area contributed by atoms with Crippen LogP contribution in [0.4, 0.5) is 0 Å². The molecule has 0 spiro atoms. The van der Waals surface area contributed by atoms with Crippen LogP contribution < -0.4 is 0 Å². The van der Waals surface area contributed by atoms with Crippen molar-refractivity contribution in [2.24, 2.45) is 0 Å². The predicted molar refractivity (Wildman–Crippen MR) is 124 cm³/mol. The Morgan fingerprint density at radius 2 is 1.55 bits per heavy atom. The lowest BCUT2D eigenvalue weighted by atomic mass is 10.1. The Labute approximate surface area is 184 Å². The van der Waals surface area contributed by atoms with Crippen LogP contribution >= 0.6 is 0 Å². The van der Waals surface area contributed by atoms with E-state index >= 15 is 0 Å². The minimum Gasteiger partial charge on any atom is -0.465 e. The van der Waals surface area contributed by atoms with Gasteiger partial charge in [0.2, 0.25) is 0 Å². The van der Waals surface area contributed by atoms with Crippen molar-refractivity contribution >= 4 is 27.5 Å². The van der Waals surface area contributed by atoms with Gasteiger partial charge in [-0.15, -0.1) is 0 Å². The van der Waals surface area contributed by atoms with Gasteiger partial charge in [0, 0.05) is 16.0 Å². The molecule has 4 aromatic carbocycles. The minimum atomic E-state index is -1.18. The van der Waals surface area contributed by atoms with E-state index in [9.17, 15) is 9.00 Å². The molecule has 0 radical (unpaired) electrons. The molecule has 0 aliphatic heterocycles. The number of carbonyl (C=O) groups is 1. The first-order valence-corrected chi connectivity index (χ1v) is 11.1. The van der Waals surface area contributed by atoms with Crippen molar-refractivity contribution in [3.05, 3.63) is 113 Å². The first kappa shape index (κ1) is 20.6. The smallest absolute Gasteiger partial charge is 0.337 e. The van der Waals surface area contributed by atoms with Gasteiger partial charge in [0.25, 0.3) is 0 Å². The second-order valence-corrected chi connectivity index (χ2v) is 8.43. The number of methoxy groups -OCH3 is 1. The number of ether oxygens (including phenoxy) is 1. The molecule has 31 heavy (non-hydrogen) atoms. The quantitative estimate of drug-likeness (QED) is 0.328. The molecule has 1 atom stereocenters. The highest BCUT2D eigenvalue weighted by Gasteiger charge is 2.09. The number of esters is 1. The van der Waals surface area contributed by atoms with Gasteiger partial charge in [-0.05, 0) is 58.8 Å². The topological polar surface area (TPSA) is 43.4 Å². The Balaban J connectivity index is 1.55. The molecule has 152 valence electrons. The van der Waals surface area contributed by atoms with Crippen LogP contribution in [0.15, 0.2) is 95.9 Å². The molecule has 4 rings (SSSR count). The number of hydrogen-bond acceptors (Lipinski definition) is 3. The third-order valence-electron chi connectivity index (χ3n) is 4.94. The van der Waals surface area contributed by atoms with E-state index in [-0.39, 0.29) is 5.97 Å². The molecular formula is C27H20O3S. The minimum absolute atomic E-state index is 0.374. The summed E-state index contributed by atoms with van der Waals surface area (Å²) >= 11 is 0. The van der Waals surface area contributed by atoms with Crippen molar-refractivity contribution in [3.63, 3.8) is 0 Å². The SMILES string of the molecule is COC(=O)c1ccc(C#Cc2ccccc2CS(=O)c2ccc3ccccc3c2)cc1.